The van der Waals surface area contributed by atoms with E-state index in [0.29, 0.717) is 0 Å². The molecule has 8 aromatic rings. The number of fused-ring (bicyclic) bond motifs is 10. The van der Waals surface area contributed by atoms with E-state index < -0.39 is 0 Å². The van der Waals surface area contributed by atoms with Crippen LogP contribution in [0.15, 0.2) is 150 Å². The molecule has 0 spiro atoms. The molecule has 2 unspecified atom stereocenters. The van der Waals surface area contributed by atoms with Gasteiger partial charge in [-0.15, -0.1) is 0 Å². The summed E-state index contributed by atoms with van der Waals surface area (Å²) in [5, 5.41) is 2.27. The van der Waals surface area contributed by atoms with Crippen molar-refractivity contribution in [3.8, 4) is 0 Å². The molecule has 1 fully saturated rings. The molecule has 2 atom stereocenters. The first kappa shape index (κ1) is 35.7. The molecule has 0 radical (unpaired) electrons. The Morgan fingerprint density at radius 3 is 2.05 bits per heavy atom. The maximum absolute atomic E-state index is 6.91. The number of furan rings is 1. The fraction of sp³-hybridized carbons (Fsp3) is 0.236. The average molecular weight is 780 g/mol. The summed E-state index contributed by atoms with van der Waals surface area (Å²) in [5.74, 6) is 0. The van der Waals surface area contributed by atoms with E-state index in [1.807, 2.05) is 0 Å². The van der Waals surface area contributed by atoms with Gasteiger partial charge < -0.3 is 19.1 Å². The fourth-order valence-electron chi connectivity index (χ4n) is 11.8. The van der Waals surface area contributed by atoms with Crippen LogP contribution >= 0.6 is 0 Å². The first-order chi connectivity index (χ1) is 29.0. The summed E-state index contributed by atoms with van der Waals surface area (Å²) in [6.07, 6.45) is 4.89. The summed E-state index contributed by atoms with van der Waals surface area (Å²) in [5.41, 5.74) is 19.9. The predicted molar refractivity (Wildman–Crippen MR) is 254 cm³/mol. The highest BCUT2D eigenvalue weighted by Crippen LogP contribution is 2.62. The third kappa shape index (κ3) is 4.75. The van der Waals surface area contributed by atoms with Gasteiger partial charge in [-0.05, 0) is 126 Å². The summed E-state index contributed by atoms with van der Waals surface area (Å²) in [6, 6.07) is 54.2. The lowest BCUT2D eigenvalue weighted by atomic mass is 9.33. The van der Waals surface area contributed by atoms with E-state index >= 15 is 0 Å². The summed E-state index contributed by atoms with van der Waals surface area (Å²) in [6.45, 7) is 14.7. The van der Waals surface area contributed by atoms with Gasteiger partial charge in [-0.1, -0.05) is 125 Å². The average Bonchev–Trinajstić information content (AvgIpc) is 3.73. The zero-order valence-corrected chi connectivity index (χ0v) is 35.5. The van der Waals surface area contributed by atoms with Crippen molar-refractivity contribution >= 4 is 90.5 Å². The Bertz CT molecular complexity index is 3020. The van der Waals surface area contributed by atoms with Crippen molar-refractivity contribution in [2.24, 2.45) is 0 Å². The summed E-state index contributed by atoms with van der Waals surface area (Å²) < 4.78 is 6.91. The lowest BCUT2D eigenvalue weighted by molar-refractivity contribution is 0.195. The zero-order chi connectivity index (χ0) is 40.7. The van der Waals surface area contributed by atoms with E-state index in [1.54, 1.807) is 5.56 Å². The highest BCUT2D eigenvalue weighted by molar-refractivity contribution is 7.00. The van der Waals surface area contributed by atoms with Gasteiger partial charge in [-0.2, -0.15) is 0 Å². The Kier molecular flexibility index (Phi) is 7.40. The fourth-order valence-corrected chi connectivity index (χ4v) is 11.8. The monoisotopic (exact) mass is 779 g/mol. The van der Waals surface area contributed by atoms with Gasteiger partial charge in [-0.3, -0.25) is 0 Å². The van der Waals surface area contributed by atoms with Gasteiger partial charge in [0.15, 0.2) is 5.58 Å². The lowest BCUT2D eigenvalue weighted by Gasteiger charge is -2.52. The minimum absolute atomic E-state index is 0.00699. The molecule has 3 aliphatic heterocycles. The molecule has 0 bridgehead atoms. The SMILES string of the molecule is Cc1cc2c3c(c1)N1c4c(cc(C(C)(C)C)cc4C4(C)CCCCC14C)B3c1ccc(N(c3ccccc3)c3ccccc3)cc1N2c1cccc2c1oc1ccccc12. The Hall–Kier alpha value is -6.20. The maximum atomic E-state index is 6.91. The van der Waals surface area contributed by atoms with Crippen molar-refractivity contribution in [2.45, 2.75) is 83.6 Å². The van der Waals surface area contributed by atoms with Crippen molar-refractivity contribution in [2.75, 3.05) is 14.7 Å². The first-order valence-corrected chi connectivity index (χ1v) is 21.9. The Morgan fingerprint density at radius 1 is 0.617 bits per heavy atom. The van der Waals surface area contributed by atoms with Crippen molar-refractivity contribution in [1.82, 2.24) is 0 Å². The second kappa shape index (κ2) is 12.4. The molecule has 4 heterocycles. The molecule has 0 amide bonds. The summed E-state index contributed by atoms with van der Waals surface area (Å²) >= 11 is 0. The number of rotatable bonds is 4. The largest absolute Gasteiger partial charge is 0.454 e. The van der Waals surface area contributed by atoms with Crippen molar-refractivity contribution < 1.29 is 4.42 Å². The van der Waals surface area contributed by atoms with Crippen LogP contribution in [0.3, 0.4) is 0 Å². The van der Waals surface area contributed by atoms with E-state index in [0.717, 1.165) is 44.7 Å². The molecule has 1 saturated carbocycles. The lowest BCUT2D eigenvalue weighted by Crippen LogP contribution is -2.64. The van der Waals surface area contributed by atoms with Crippen LogP contribution in [-0.4, -0.2) is 12.3 Å². The first-order valence-electron chi connectivity index (χ1n) is 21.9. The predicted octanol–water partition coefficient (Wildman–Crippen LogP) is 13.0. The zero-order valence-electron chi connectivity index (χ0n) is 35.5. The van der Waals surface area contributed by atoms with Crippen molar-refractivity contribution in [3.63, 3.8) is 0 Å². The number of hydrogen-bond acceptors (Lipinski definition) is 4. The van der Waals surface area contributed by atoms with E-state index in [2.05, 4.69) is 202 Å². The van der Waals surface area contributed by atoms with Gasteiger partial charge in [0, 0.05) is 56.0 Å². The molecule has 0 saturated heterocycles. The van der Waals surface area contributed by atoms with Crippen LogP contribution in [0.4, 0.5) is 45.5 Å². The molecule has 7 aromatic carbocycles. The number of benzene rings is 7. The molecular formula is C55H50BN3O. The number of aryl methyl sites for hydroxylation is 1. The standard InChI is InChI=1S/C55H50BN3O/c1-35-30-47-50-48(31-35)59-51-42(54(5)28-15-16-29-55(54,59)6)32-36(53(2,3)4)33-44(51)56(50)43-27-26-39(57(37-18-9-7-10-19-37)38-20-11-8-12-21-38)34-46(43)58(47)45-24-17-23-41-40-22-13-14-25-49(40)60-52(41)45/h7-14,17-27,30-34H,15-16,28-29H2,1-6H3. The second-order valence-electron chi connectivity index (χ2n) is 19.3. The molecule has 1 aliphatic carbocycles. The molecule has 60 heavy (non-hydrogen) atoms. The molecule has 4 aliphatic rings. The van der Waals surface area contributed by atoms with Crippen LogP contribution in [0.5, 0.6) is 0 Å². The smallest absolute Gasteiger partial charge is 0.252 e. The number of nitrogens with zero attached hydrogens (tertiary/aromatic N) is 3. The van der Waals surface area contributed by atoms with Gasteiger partial charge in [-0.25, -0.2) is 0 Å². The Balaban J connectivity index is 1.20. The van der Waals surface area contributed by atoms with Gasteiger partial charge in [0.25, 0.3) is 6.71 Å². The van der Waals surface area contributed by atoms with Gasteiger partial charge >= 0.3 is 0 Å². The topological polar surface area (TPSA) is 22.9 Å². The van der Waals surface area contributed by atoms with E-state index in [4.69, 9.17) is 4.42 Å². The van der Waals surface area contributed by atoms with Gasteiger partial charge in [0.2, 0.25) is 0 Å². The highest BCUT2D eigenvalue weighted by atomic mass is 16.3. The number of hydrogen-bond donors (Lipinski definition) is 0. The third-order valence-electron chi connectivity index (χ3n) is 14.9. The number of para-hydroxylation sites is 4. The van der Waals surface area contributed by atoms with Crippen molar-refractivity contribution in [1.29, 1.82) is 0 Å². The minimum atomic E-state index is -0.0506. The van der Waals surface area contributed by atoms with Crippen LogP contribution in [0.1, 0.15) is 77.0 Å². The third-order valence-corrected chi connectivity index (χ3v) is 14.9. The van der Waals surface area contributed by atoms with Crippen LogP contribution in [0, 0.1) is 6.92 Å². The normalized spacial score (nSPS) is 19.9. The summed E-state index contributed by atoms with van der Waals surface area (Å²) in [4.78, 5) is 7.79. The van der Waals surface area contributed by atoms with Crippen LogP contribution < -0.4 is 31.1 Å². The van der Waals surface area contributed by atoms with E-state index in [1.165, 1.54) is 75.9 Å². The van der Waals surface area contributed by atoms with Crippen molar-refractivity contribution in [3.05, 3.63) is 162 Å². The molecule has 4 nitrogen and oxygen atoms in total. The highest BCUT2D eigenvalue weighted by Gasteiger charge is 2.61. The molecule has 12 rings (SSSR count). The van der Waals surface area contributed by atoms with Crippen LogP contribution in [0.25, 0.3) is 21.9 Å². The Labute approximate surface area is 354 Å². The minimum Gasteiger partial charge on any atom is -0.454 e. The maximum Gasteiger partial charge on any atom is 0.252 e. The van der Waals surface area contributed by atoms with E-state index in [9.17, 15) is 0 Å². The molecule has 1 aromatic heterocycles. The van der Waals surface area contributed by atoms with Gasteiger partial charge in [0.05, 0.1) is 11.2 Å². The van der Waals surface area contributed by atoms with Gasteiger partial charge in [0.1, 0.15) is 5.58 Å². The molecular weight excluding hydrogens is 729 g/mol. The Morgan fingerprint density at radius 2 is 1.30 bits per heavy atom. The summed E-state index contributed by atoms with van der Waals surface area (Å²) in [7, 11) is 0. The van der Waals surface area contributed by atoms with Crippen LogP contribution in [-0.2, 0) is 10.8 Å². The molecule has 0 N–H and O–H groups in total. The second-order valence-corrected chi connectivity index (χ2v) is 19.3. The molecule has 5 heteroatoms. The quantitative estimate of drug-likeness (QED) is 0.166. The number of anilines is 8. The molecule has 294 valence electrons. The van der Waals surface area contributed by atoms with Crippen LogP contribution in [0.2, 0.25) is 0 Å². The van der Waals surface area contributed by atoms with E-state index in [-0.39, 0.29) is 23.1 Å².